The molecule has 0 aromatic carbocycles. The number of unbranched alkanes of at least 4 members (excludes halogenated alkanes) is 3. The number of hydrogen-bond acceptors (Lipinski definition) is 4. The van der Waals surface area contributed by atoms with Crippen LogP contribution in [0.4, 0.5) is 0 Å². The molecule has 4 nitrogen and oxygen atoms in total. The molecule has 0 fully saturated rings. The number of carbonyl (C=O) groups is 2. The summed E-state index contributed by atoms with van der Waals surface area (Å²) in [6.07, 6.45) is 12.0. The van der Waals surface area contributed by atoms with Crippen LogP contribution in [0.5, 0.6) is 0 Å². The zero-order valence-corrected chi connectivity index (χ0v) is 13.7. The Morgan fingerprint density at radius 2 is 2.09 bits per heavy atom. The van der Waals surface area contributed by atoms with Gasteiger partial charge in [-0.2, -0.15) is 0 Å². The van der Waals surface area contributed by atoms with Crippen LogP contribution in [0.1, 0.15) is 52.4 Å². The number of aliphatic hydroxyl groups is 1. The lowest BCUT2D eigenvalue weighted by Crippen LogP contribution is -2.14. The molecule has 0 bridgehead atoms. The largest absolute Gasteiger partial charge is 0.466 e. The van der Waals surface area contributed by atoms with E-state index in [-0.39, 0.29) is 23.6 Å². The zero-order chi connectivity index (χ0) is 16.4. The molecule has 124 valence electrons. The van der Waals surface area contributed by atoms with E-state index in [0.717, 1.165) is 32.1 Å². The van der Waals surface area contributed by atoms with E-state index in [9.17, 15) is 14.7 Å². The van der Waals surface area contributed by atoms with Crippen LogP contribution in [0.2, 0.25) is 0 Å². The molecule has 3 atom stereocenters. The molecule has 0 aliphatic heterocycles. The molecule has 1 unspecified atom stereocenters. The van der Waals surface area contributed by atoms with Crippen molar-refractivity contribution in [3.63, 3.8) is 0 Å². The van der Waals surface area contributed by atoms with Gasteiger partial charge in [0.15, 0.2) is 5.78 Å². The third-order valence-corrected chi connectivity index (χ3v) is 3.88. The van der Waals surface area contributed by atoms with E-state index in [4.69, 9.17) is 4.74 Å². The van der Waals surface area contributed by atoms with Crippen molar-refractivity contribution in [3.05, 3.63) is 24.3 Å². The third kappa shape index (κ3) is 7.03. The topological polar surface area (TPSA) is 63.6 Å². The first kappa shape index (κ1) is 18.6. The van der Waals surface area contributed by atoms with Gasteiger partial charge >= 0.3 is 5.97 Å². The van der Waals surface area contributed by atoms with Crippen LogP contribution in [-0.2, 0) is 14.3 Å². The summed E-state index contributed by atoms with van der Waals surface area (Å²) in [5.74, 6) is 0.189. The summed E-state index contributed by atoms with van der Waals surface area (Å²) in [6, 6.07) is 0. The Bertz CT molecular complexity index is 409. The average molecular weight is 308 g/mol. The minimum atomic E-state index is -0.479. The lowest BCUT2D eigenvalue weighted by atomic mass is 9.89. The van der Waals surface area contributed by atoms with E-state index in [1.165, 1.54) is 0 Å². The molecule has 0 aromatic heterocycles. The summed E-state index contributed by atoms with van der Waals surface area (Å²) in [7, 11) is 0. The molecular formula is C18H28O4. The number of esters is 1. The number of allylic oxidation sites excluding steroid dienone is 3. The highest BCUT2D eigenvalue weighted by Crippen LogP contribution is 2.28. The fourth-order valence-corrected chi connectivity index (χ4v) is 2.70. The smallest absolute Gasteiger partial charge is 0.305 e. The standard InChI is InChI=1S/C18H28O4/c1-3-22-18(21)9-7-5-4-6-8-16-15(11-10-14(2)19)12-13-17(16)20/h10-16,19H,3-9H2,1-2H3/b11-10+/t14?,15-,16-/m0/s1. The van der Waals surface area contributed by atoms with E-state index in [1.54, 1.807) is 19.1 Å². The molecule has 1 aliphatic rings. The van der Waals surface area contributed by atoms with Crippen molar-refractivity contribution in [2.75, 3.05) is 6.61 Å². The molecule has 1 N–H and O–H groups in total. The summed E-state index contributed by atoms with van der Waals surface area (Å²) >= 11 is 0. The quantitative estimate of drug-likeness (QED) is 0.382. The molecule has 0 spiro atoms. The Kier molecular flexibility index (Phi) is 8.75. The Morgan fingerprint density at radius 1 is 1.36 bits per heavy atom. The van der Waals surface area contributed by atoms with Gasteiger partial charge in [0.05, 0.1) is 12.7 Å². The van der Waals surface area contributed by atoms with Crippen molar-refractivity contribution < 1.29 is 19.4 Å². The molecule has 0 saturated carbocycles. The Hall–Kier alpha value is -1.42. The molecular weight excluding hydrogens is 280 g/mol. The van der Waals surface area contributed by atoms with E-state index in [1.807, 2.05) is 19.1 Å². The predicted molar refractivity (Wildman–Crippen MR) is 86.3 cm³/mol. The maximum Gasteiger partial charge on any atom is 0.305 e. The first-order chi connectivity index (χ1) is 10.5. The summed E-state index contributed by atoms with van der Waals surface area (Å²) in [4.78, 5) is 23.1. The second-order valence-corrected chi connectivity index (χ2v) is 5.83. The molecule has 0 radical (unpaired) electrons. The van der Waals surface area contributed by atoms with Gasteiger partial charge in [0.2, 0.25) is 0 Å². The minimum absolute atomic E-state index is 0.0139. The maximum absolute atomic E-state index is 11.9. The fraction of sp³-hybridized carbons (Fsp3) is 0.667. The average Bonchev–Trinajstić information content (AvgIpc) is 2.81. The van der Waals surface area contributed by atoms with E-state index in [2.05, 4.69) is 0 Å². The lowest BCUT2D eigenvalue weighted by molar-refractivity contribution is -0.143. The second kappa shape index (κ2) is 10.3. The van der Waals surface area contributed by atoms with Gasteiger partial charge in [-0.3, -0.25) is 9.59 Å². The second-order valence-electron chi connectivity index (χ2n) is 5.83. The molecule has 0 aromatic rings. The summed E-state index contributed by atoms with van der Waals surface area (Å²) in [6.45, 7) is 3.96. The number of rotatable bonds is 10. The van der Waals surface area contributed by atoms with Gasteiger partial charge in [-0.15, -0.1) is 0 Å². The fourth-order valence-electron chi connectivity index (χ4n) is 2.70. The van der Waals surface area contributed by atoms with Crippen molar-refractivity contribution in [1.29, 1.82) is 0 Å². The van der Waals surface area contributed by atoms with Crippen LogP contribution < -0.4 is 0 Å². The van der Waals surface area contributed by atoms with Crippen LogP contribution in [0.15, 0.2) is 24.3 Å². The van der Waals surface area contributed by atoms with Gasteiger partial charge in [0, 0.05) is 18.3 Å². The Labute approximate surface area is 133 Å². The first-order valence-electron chi connectivity index (χ1n) is 8.28. The van der Waals surface area contributed by atoms with Crippen molar-refractivity contribution in [1.82, 2.24) is 0 Å². The van der Waals surface area contributed by atoms with Gasteiger partial charge in [0.25, 0.3) is 0 Å². The van der Waals surface area contributed by atoms with Crippen LogP contribution in [0.3, 0.4) is 0 Å². The monoisotopic (exact) mass is 308 g/mol. The van der Waals surface area contributed by atoms with E-state index >= 15 is 0 Å². The SMILES string of the molecule is CCOC(=O)CCCCCC[C@@H]1C(=O)C=C[C@@H]1/C=C/C(C)O. The number of carbonyl (C=O) groups excluding carboxylic acids is 2. The summed E-state index contributed by atoms with van der Waals surface area (Å²) in [5.41, 5.74) is 0. The Balaban J connectivity index is 2.20. The maximum atomic E-state index is 11.9. The van der Waals surface area contributed by atoms with Gasteiger partial charge in [-0.05, 0) is 32.8 Å². The van der Waals surface area contributed by atoms with Gasteiger partial charge in [-0.25, -0.2) is 0 Å². The summed E-state index contributed by atoms with van der Waals surface area (Å²) < 4.78 is 4.88. The van der Waals surface area contributed by atoms with Crippen LogP contribution in [0.25, 0.3) is 0 Å². The highest BCUT2D eigenvalue weighted by atomic mass is 16.5. The number of ether oxygens (including phenoxy) is 1. The van der Waals surface area contributed by atoms with Crippen LogP contribution >= 0.6 is 0 Å². The van der Waals surface area contributed by atoms with E-state index < -0.39 is 6.10 Å². The number of hydrogen-bond donors (Lipinski definition) is 1. The summed E-state index contributed by atoms with van der Waals surface area (Å²) in [5, 5.41) is 9.29. The minimum Gasteiger partial charge on any atom is -0.466 e. The molecule has 1 rings (SSSR count). The lowest BCUT2D eigenvalue weighted by Gasteiger charge is -2.15. The van der Waals surface area contributed by atoms with Crippen molar-refractivity contribution >= 4 is 11.8 Å². The van der Waals surface area contributed by atoms with Crippen molar-refractivity contribution in [3.8, 4) is 0 Å². The molecule has 0 heterocycles. The zero-order valence-electron chi connectivity index (χ0n) is 13.7. The highest BCUT2D eigenvalue weighted by Gasteiger charge is 2.27. The molecule has 22 heavy (non-hydrogen) atoms. The first-order valence-corrected chi connectivity index (χ1v) is 8.28. The van der Waals surface area contributed by atoms with Crippen LogP contribution in [0, 0.1) is 11.8 Å². The van der Waals surface area contributed by atoms with Gasteiger partial charge < -0.3 is 9.84 Å². The molecule has 4 heteroatoms. The van der Waals surface area contributed by atoms with Crippen molar-refractivity contribution in [2.24, 2.45) is 11.8 Å². The van der Waals surface area contributed by atoms with E-state index in [0.29, 0.717) is 13.0 Å². The van der Waals surface area contributed by atoms with Gasteiger partial charge in [0.1, 0.15) is 0 Å². The third-order valence-electron chi connectivity index (χ3n) is 3.88. The highest BCUT2D eigenvalue weighted by molar-refractivity contribution is 5.94. The molecule has 0 amide bonds. The Morgan fingerprint density at radius 3 is 2.77 bits per heavy atom. The predicted octanol–water partition coefficient (Wildman–Crippen LogP) is 3.20. The molecule has 0 saturated heterocycles. The number of ketones is 1. The molecule has 1 aliphatic carbocycles. The van der Waals surface area contributed by atoms with Gasteiger partial charge in [-0.1, -0.05) is 37.5 Å². The van der Waals surface area contributed by atoms with Crippen LogP contribution in [-0.4, -0.2) is 29.6 Å². The normalized spacial score (nSPS) is 22.4. The van der Waals surface area contributed by atoms with Crippen molar-refractivity contribution in [2.45, 2.75) is 58.5 Å². The number of aliphatic hydroxyl groups excluding tert-OH is 1.